The minimum atomic E-state index is -0.253. The van der Waals surface area contributed by atoms with Gasteiger partial charge in [0.1, 0.15) is 5.75 Å². The topological polar surface area (TPSA) is 81.9 Å². The molecule has 0 saturated heterocycles. The van der Waals surface area contributed by atoms with E-state index in [1.54, 1.807) is 53.6 Å². The number of halogens is 1. The van der Waals surface area contributed by atoms with E-state index in [4.69, 9.17) is 16.3 Å². The number of hydrogen-bond acceptors (Lipinski definition) is 5. The van der Waals surface area contributed by atoms with E-state index >= 15 is 0 Å². The summed E-state index contributed by atoms with van der Waals surface area (Å²) in [4.78, 5) is 21.0. The fourth-order valence-electron chi connectivity index (χ4n) is 3.03. The summed E-state index contributed by atoms with van der Waals surface area (Å²) in [7, 11) is 0. The number of nitrogens with one attached hydrogen (secondary N) is 1. The normalized spacial score (nSPS) is 10.6. The average molecular weight is 420 g/mol. The van der Waals surface area contributed by atoms with Gasteiger partial charge < -0.3 is 10.1 Å². The van der Waals surface area contributed by atoms with E-state index in [1.165, 1.54) is 6.20 Å². The van der Waals surface area contributed by atoms with Crippen molar-refractivity contribution in [3.05, 3.63) is 89.6 Å². The molecule has 0 unspecified atom stereocenters. The number of nitrogens with zero attached hydrogens (tertiary/aromatic N) is 4. The lowest BCUT2D eigenvalue weighted by molar-refractivity contribution is 0.102. The van der Waals surface area contributed by atoms with Crippen LogP contribution in [0.4, 0.5) is 5.69 Å². The van der Waals surface area contributed by atoms with Crippen LogP contribution < -0.4 is 10.1 Å². The van der Waals surface area contributed by atoms with Gasteiger partial charge in [0.15, 0.2) is 0 Å². The van der Waals surface area contributed by atoms with Crippen molar-refractivity contribution in [3.8, 4) is 17.3 Å². The smallest absolute Gasteiger partial charge is 0.259 e. The van der Waals surface area contributed by atoms with Crippen LogP contribution in [0.3, 0.4) is 0 Å². The van der Waals surface area contributed by atoms with Gasteiger partial charge in [-0.2, -0.15) is 5.10 Å². The van der Waals surface area contributed by atoms with Gasteiger partial charge in [0, 0.05) is 29.2 Å². The molecule has 4 aromatic rings. The minimum Gasteiger partial charge on any atom is -0.437 e. The van der Waals surface area contributed by atoms with Gasteiger partial charge in [-0.1, -0.05) is 30.7 Å². The highest BCUT2D eigenvalue weighted by atomic mass is 35.5. The molecule has 0 fully saturated rings. The molecule has 2 aromatic carbocycles. The highest BCUT2D eigenvalue weighted by molar-refractivity contribution is 6.30. The van der Waals surface area contributed by atoms with E-state index in [1.807, 2.05) is 25.1 Å². The highest BCUT2D eigenvalue weighted by Gasteiger charge is 2.17. The van der Waals surface area contributed by atoms with E-state index in [0.717, 1.165) is 11.4 Å². The molecule has 1 N–H and O–H groups in total. The van der Waals surface area contributed by atoms with Crippen LogP contribution >= 0.6 is 11.6 Å². The predicted molar refractivity (Wildman–Crippen MR) is 114 cm³/mol. The Kier molecular flexibility index (Phi) is 5.72. The van der Waals surface area contributed by atoms with E-state index in [-0.39, 0.29) is 5.91 Å². The Hall–Kier alpha value is -3.71. The average Bonchev–Trinajstić information content (AvgIpc) is 3.19. The van der Waals surface area contributed by atoms with Crippen molar-refractivity contribution in [1.82, 2.24) is 19.7 Å². The zero-order valence-corrected chi connectivity index (χ0v) is 16.9. The third-order valence-corrected chi connectivity index (χ3v) is 4.59. The van der Waals surface area contributed by atoms with Gasteiger partial charge in [0.25, 0.3) is 5.91 Å². The number of carbonyl (C=O) groups excluding carboxylic acids is 1. The predicted octanol–water partition coefficient (Wildman–Crippen LogP) is 4.92. The van der Waals surface area contributed by atoms with Crippen LogP contribution in [0.1, 0.15) is 23.0 Å². The Balaban J connectivity index is 1.55. The maximum Gasteiger partial charge on any atom is 0.259 e. The Morgan fingerprint density at radius 2 is 2.00 bits per heavy atom. The molecule has 0 aliphatic heterocycles. The lowest BCUT2D eigenvalue weighted by Gasteiger charge is -2.10. The number of hydrogen-bond donors (Lipinski definition) is 1. The molecule has 1 amide bonds. The van der Waals surface area contributed by atoms with Crippen molar-refractivity contribution in [2.45, 2.75) is 13.3 Å². The fraction of sp³-hybridized carbons (Fsp3) is 0.0909. The third-order valence-electron chi connectivity index (χ3n) is 4.35. The molecule has 0 radical (unpaired) electrons. The van der Waals surface area contributed by atoms with Crippen molar-refractivity contribution in [3.63, 3.8) is 0 Å². The standard InChI is InChI=1S/C22H18ClN5O2/c1-2-20-19(13-26-28(20)17-7-3-5-15(23)11-17)22(29)27-16-6-4-8-18(12-16)30-21-14-24-9-10-25-21/h3-14H,2H2,1H3,(H,27,29). The first-order valence-electron chi connectivity index (χ1n) is 9.32. The zero-order valence-electron chi connectivity index (χ0n) is 16.1. The van der Waals surface area contributed by atoms with E-state index in [0.29, 0.717) is 34.3 Å². The molecule has 0 saturated carbocycles. The minimum absolute atomic E-state index is 0.253. The number of benzene rings is 2. The van der Waals surface area contributed by atoms with Crippen LogP contribution in [-0.4, -0.2) is 25.7 Å². The van der Waals surface area contributed by atoms with Crippen molar-refractivity contribution < 1.29 is 9.53 Å². The molecule has 0 aliphatic rings. The zero-order chi connectivity index (χ0) is 20.9. The Bertz CT molecular complexity index is 1180. The van der Waals surface area contributed by atoms with Crippen molar-refractivity contribution in [2.75, 3.05) is 5.32 Å². The number of aromatic nitrogens is 4. The molecule has 0 spiro atoms. The number of anilines is 1. The second-order valence-corrected chi connectivity index (χ2v) is 6.81. The number of ether oxygens (including phenoxy) is 1. The van der Waals surface area contributed by atoms with Crippen LogP contribution in [0.15, 0.2) is 73.3 Å². The first-order valence-corrected chi connectivity index (χ1v) is 9.70. The molecule has 150 valence electrons. The SMILES string of the molecule is CCc1c(C(=O)Nc2cccc(Oc3cnccn3)c2)cnn1-c1cccc(Cl)c1. The second kappa shape index (κ2) is 8.75. The van der Waals surface area contributed by atoms with Crippen LogP contribution in [-0.2, 0) is 6.42 Å². The van der Waals surface area contributed by atoms with Gasteiger partial charge in [-0.05, 0) is 36.8 Å². The highest BCUT2D eigenvalue weighted by Crippen LogP contribution is 2.24. The molecule has 7 nitrogen and oxygen atoms in total. The van der Waals surface area contributed by atoms with Gasteiger partial charge in [0.05, 0.1) is 29.3 Å². The summed E-state index contributed by atoms with van der Waals surface area (Å²) in [6, 6.07) is 14.4. The monoisotopic (exact) mass is 419 g/mol. The summed E-state index contributed by atoms with van der Waals surface area (Å²) in [5, 5.41) is 7.90. The van der Waals surface area contributed by atoms with Gasteiger partial charge in [-0.15, -0.1) is 0 Å². The molecule has 4 rings (SSSR count). The molecule has 0 aliphatic carbocycles. The van der Waals surface area contributed by atoms with Crippen LogP contribution in [0.25, 0.3) is 5.69 Å². The van der Waals surface area contributed by atoms with E-state index in [9.17, 15) is 4.79 Å². The summed E-state index contributed by atoms with van der Waals surface area (Å²) in [6.45, 7) is 1.98. The lowest BCUT2D eigenvalue weighted by Crippen LogP contribution is -2.14. The fourth-order valence-corrected chi connectivity index (χ4v) is 3.21. The molecule has 0 atom stereocenters. The van der Waals surface area contributed by atoms with Crippen LogP contribution in [0.2, 0.25) is 5.02 Å². The summed E-state index contributed by atoms with van der Waals surface area (Å²) < 4.78 is 7.40. The van der Waals surface area contributed by atoms with Gasteiger partial charge >= 0.3 is 0 Å². The van der Waals surface area contributed by atoms with Crippen LogP contribution in [0, 0.1) is 0 Å². The van der Waals surface area contributed by atoms with Crippen LogP contribution in [0.5, 0.6) is 11.6 Å². The summed E-state index contributed by atoms with van der Waals surface area (Å²) in [5.41, 5.74) is 2.69. The summed E-state index contributed by atoms with van der Waals surface area (Å²) in [5.74, 6) is 0.660. The summed E-state index contributed by atoms with van der Waals surface area (Å²) in [6.07, 6.45) is 6.83. The maximum absolute atomic E-state index is 12.9. The van der Waals surface area contributed by atoms with Crippen molar-refractivity contribution in [1.29, 1.82) is 0 Å². The van der Waals surface area contributed by atoms with Gasteiger partial charge in [0.2, 0.25) is 5.88 Å². The van der Waals surface area contributed by atoms with E-state index in [2.05, 4.69) is 20.4 Å². The molecular formula is C22H18ClN5O2. The molecular weight excluding hydrogens is 402 g/mol. The molecule has 2 heterocycles. The largest absolute Gasteiger partial charge is 0.437 e. The maximum atomic E-state index is 12.9. The number of amides is 1. The van der Waals surface area contributed by atoms with E-state index < -0.39 is 0 Å². The number of rotatable bonds is 6. The molecule has 8 heteroatoms. The Morgan fingerprint density at radius 1 is 1.13 bits per heavy atom. The number of carbonyl (C=O) groups is 1. The lowest BCUT2D eigenvalue weighted by atomic mass is 10.1. The first kappa shape index (κ1) is 19.6. The van der Waals surface area contributed by atoms with Crippen molar-refractivity contribution in [2.24, 2.45) is 0 Å². The van der Waals surface area contributed by atoms with Gasteiger partial charge in [-0.25, -0.2) is 9.67 Å². The Morgan fingerprint density at radius 3 is 2.77 bits per heavy atom. The van der Waals surface area contributed by atoms with Gasteiger partial charge in [-0.3, -0.25) is 9.78 Å². The Labute approximate surface area is 178 Å². The third kappa shape index (κ3) is 4.31. The molecule has 2 aromatic heterocycles. The van der Waals surface area contributed by atoms with Crippen molar-refractivity contribution >= 4 is 23.2 Å². The first-order chi connectivity index (χ1) is 14.6. The summed E-state index contributed by atoms with van der Waals surface area (Å²) >= 11 is 6.10. The quantitative estimate of drug-likeness (QED) is 0.479. The molecule has 30 heavy (non-hydrogen) atoms. The second-order valence-electron chi connectivity index (χ2n) is 6.38. The molecule has 0 bridgehead atoms.